The van der Waals surface area contributed by atoms with E-state index in [4.69, 9.17) is 5.73 Å². The van der Waals surface area contributed by atoms with Crippen LogP contribution in [0.1, 0.15) is 25.1 Å². The second-order valence-electron chi connectivity index (χ2n) is 3.75. The van der Waals surface area contributed by atoms with Crippen molar-refractivity contribution in [1.29, 1.82) is 0 Å². The summed E-state index contributed by atoms with van der Waals surface area (Å²) in [6.07, 6.45) is -2.33. The molecule has 3 N–H and O–H groups in total. The van der Waals surface area contributed by atoms with Crippen LogP contribution in [0.2, 0.25) is 0 Å². The summed E-state index contributed by atoms with van der Waals surface area (Å²) >= 11 is 0. The standard InChI is InChI=1S/C9H14F3N5O/c1-2-6(13)7-3-17(16-15-7)4-8(18)14-5-9(10,11)12/h3,6H,2,4-5,13H2,1H3,(H,14,18). The molecule has 1 amide bonds. The van der Waals surface area contributed by atoms with Gasteiger partial charge in [0.2, 0.25) is 5.91 Å². The van der Waals surface area contributed by atoms with Gasteiger partial charge in [-0.2, -0.15) is 13.2 Å². The average Bonchev–Trinajstić information content (AvgIpc) is 2.73. The van der Waals surface area contributed by atoms with E-state index in [-0.39, 0.29) is 12.6 Å². The third kappa shape index (κ3) is 4.70. The van der Waals surface area contributed by atoms with Crippen LogP contribution >= 0.6 is 0 Å². The van der Waals surface area contributed by atoms with E-state index in [0.717, 1.165) is 4.68 Å². The average molecular weight is 265 g/mol. The molecule has 1 aromatic heterocycles. The molecule has 0 spiro atoms. The Balaban J connectivity index is 2.47. The summed E-state index contributed by atoms with van der Waals surface area (Å²) in [6, 6.07) is -0.294. The predicted octanol–water partition coefficient (Wildman–Crippen LogP) is 0.366. The van der Waals surface area contributed by atoms with Gasteiger partial charge in [0.1, 0.15) is 13.1 Å². The van der Waals surface area contributed by atoms with E-state index in [1.807, 2.05) is 6.92 Å². The van der Waals surface area contributed by atoms with Gasteiger partial charge in [-0.3, -0.25) is 4.79 Å². The molecule has 102 valence electrons. The van der Waals surface area contributed by atoms with Crippen LogP contribution in [-0.4, -0.2) is 33.6 Å². The van der Waals surface area contributed by atoms with Crippen molar-refractivity contribution in [3.8, 4) is 0 Å². The van der Waals surface area contributed by atoms with Crippen LogP contribution in [0.4, 0.5) is 13.2 Å². The Labute approximate surface area is 101 Å². The number of amides is 1. The maximum Gasteiger partial charge on any atom is 0.405 e. The van der Waals surface area contributed by atoms with Crippen molar-refractivity contribution < 1.29 is 18.0 Å². The molecule has 0 fully saturated rings. The number of carbonyl (C=O) groups excluding carboxylic acids is 1. The first-order valence-corrected chi connectivity index (χ1v) is 5.31. The zero-order chi connectivity index (χ0) is 13.8. The molecule has 1 unspecified atom stereocenters. The minimum atomic E-state index is -4.42. The Morgan fingerprint density at radius 3 is 2.83 bits per heavy atom. The van der Waals surface area contributed by atoms with Gasteiger partial charge in [-0.15, -0.1) is 5.10 Å². The number of rotatable bonds is 5. The fourth-order valence-electron chi connectivity index (χ4n) is 1.17. The molecular weight excluding hydrogens is 251 g/mol. The molecular formula is C9H14F3N5O. The zero-order valence-electron chi connectivity index (χ0n) is 9.74. The molecule has 1 aromatic rings. The lowest BCUT2D eigenvalue weighted by molar-refractivity contribution is -0.138. The lowest BCUT2D eigenvalue weighted by Gasteiger charge is -2.07. The first-order chi connectivity index (χ1) is 8.31. The Kier molecular flexibility index (Phi) is 4.65. The van der Waals surface area contributed by atoms with Crippen molar-refractivity contribution in [1.82, 2.24) is 20.3 Å². The fourth-order valence-corrected chi connectivity index (χ4v) is 1.17. The fraction of sp³-hybridized carbons (Fsp3) is 0.667. The maximum atomic E-state index is 11.8. The first-order valence-electron chi connectivity index (χ1n) is 5.31. The number of nitrogens with one attached hydrogen (secondary N) is 1. The quantitative estimate of drug-likeness (QED) is 0.805. The monoisotopic (exact) mass is 265 g/mol. The maximum absolute atomic E-state index is 11.8. The van der Waals surface area contributed by atoms with Crippen LogP contribution in [0.3, 0.4) is 0 Å². The topological polar surface area (TPSA) is 85.8 Å². The lowest BCUT2D eigenvalue weighted by Crippen LogP contribution is -2.35. The van der Waals surface area contributed by atoms with E-state index in [1.165, 1.54) is 6.20 Å². The number of halogens is 3. The highest BCUT2D eigenvalue weighted by Crippen LogP contribution is 2.12. The first kappa shape index (κ1) is 14.4. The van der Waals surface area contributed by atoms with Crippen molar-refractivity contribution in [3.63, 3.8) is 0 Å². The highest BCUT2D eigenvalue weighted by atomic mass is 19.4. The minimum Gasteiger partial charge on any atom is -0.345 e. The molecule has 9 heteroatoms. The van der Waals surface area contributed by atoms with Crippen LogP contribution in [-0.2, 0) is 11.3 Å². The summed E-state index contributed by atoms with van der Waals surface area (Å²) in [7, 11) is 0. The van der Waals surface area contributed by atoms with Crippen molar-refractivity contribution in [2.75, 3.05) is 6.54 Å². The van der Waals surface area contributed by atoms with Crippen molar-refractivity contribution in [2.45, 2.75) is 32.1 Å². The Hall–Kier alpha value is -1.64. The number of carbonyl (C=O) groups is 1. The van der Waals surface area contributed by atoms with Crippen molar-refractivity contribution in [2.24, 2.45) is 5.73 Å². The second kappa shape index (κ2) is 5.80. The normalized spacial score (nSPS) is 13.4. The molecule has 1 rings (SSSR count). The van der Waals surface area contributed by atoms with Gasteiger partial charge >= 0.3 is 6.18 Å². The van der Waals surface area contributed by atoms with Gasteiger partial charge in [0, 0.05) is 0 Å². The number of aromatic nitrogens is 3. The molecule has 0 saturated carbocycles. The van der Waals surface area contributed by atoms with E-state index in [1.54, 1.807) is 5.32 Å². The number of alkyl halides is 3. The second-order valence-corrected chi connectivity index (χ2v) is 3.75. The van der Waals surface area contributed by atoms with Gasteiger partial charge in [-0.05, 0) is 6.42 Å². The molecule has 0 aromatic carbocycles. The van der Waals surface area contributed by atoms with Crippen LogP contribution in [0.15, 0.2) is 6.20 Å². The Morgan fingerprint density at radius 2 is 2.28 bits per heavy atom. The summed E-state index contributed by atoms with van der Waals surface area (Å²) in [4.78, 5) is 11.2. The van der Waals surface area contributed by atoms with Gasteiger partial charge in [-0.1, -0.05) is 12.1 Å². The van der Waals surface area contributed by atoms with E-state index in [9.17, 15) is 18.0 Å². The molecule has 1 heterocycles. The lowest BCUT2D eigenvalue weighted by atomic mass is 10.2. The zero-order valence-corrected chi connectivity index (χ0v) is 9.74. The van der Waals surface area contributed by atoms with Gasteiger partial charge in [0.15, 0.2) is 0 Å². The number of hydrogen-bond acceptors (Lipinski definition) is 4. The molecule has 0 aliphatic heterocycles. The molecule has 1 atom stereocenters. The van der Waals surface area contributed by atoms with E-state index < -0.39 is 18.6 Å². The van der Waals surface area contributed by atoms with Crippen molar-refractivity contribution in [3.05, 3.63) is 11.9 Å². The third-order valence-electron chi connectivity index (χ3n) is 2.17. The van der Waals surface area contributed by atoms with E-state index >= 15 is 0 Å². The van der Waals surface area contributed by atoms with Gasteiger partial charge in [-0.25, -0.2) is 4.68 Å². The predicted molar refractivity (Wildman–Crippen MR) is 56.3 cm³/mol. The summed E-state index contributed by atoms with van der Waals surface area (Å²) in [5, 5.41) is 9.09. The van der Waals surface area contributed by atoms with Crippen LogP contribution in [0.5, 0.6) is 0 Å². The number of hydrogen-bond donors (Lipinski definition) is 2. The molecule has 0 aliphatic carbocycles. The summed E-state index contributed by atoms with van der Waals surface area (Å²) in [5.74, 6) is -0.783. The van der Waals surface area contributed by atoms with Gasteiger partial charge in [0.25, 0.3) is 0 Å². The third-order valence-corrected chi connectivity index (χ3v) is 2.17. The molecule has 6 nitrogen and oxygen atoms in total. The molecule has 0 saturated heterocycles. The van der Waals surface area contributed by atoms with E-state index in [0.29, 0.717) is 12.1 Å². The summed E-state index contributed by atoms with van der Waals surface area (Å²) in [6.45, 7) is 0.182. The summed E-state index contributed by atoms with van der Waals surface area (Å²) in [5.41, 5.74) is 6.19. The minimum absolute atomic E-state index is 0.294. The van der Waals surface area contributed by atoms with Crippen LogP contribution in [0.25, 0.3) is 0 Å². The molecule has 0 aliphatic rings. The molecule has 0 bridgehead atoms. The molecule has 18 heavy (non-hydrogen) atoms. The highest BCUT2D eigenvalue weighted by molar-refractivity contribution is 5.75. The SMILES string of the molecule is CCC(N)c1cn(CC(=O)NCC(F)(F)F)nn1. The highest BCUT2D eigenvalue weighted by Gasteiger charge is 2.27. The van der Waals surface area contributed by atoms with Gasteiger partial charge < -0.3 is 11.1 Å². The number of nitrogens with zero attached hydrogens (tertiary/aromatic N) is 3. The van der Waals surface area contributed by atoms with Crippen LogP contribution < -0.4 is 11.1 Å². The molecule has 0 radical (unpaired) electrons. The largest absolute Gasteiger partial charge is 0.405 e. The summed E-state index contributed by atoms with van der Waals surface area (Å²) < 4.78 is 36.7. The van der Waals surface area contributed by atoms with Gasteiger partial charge in [0.05, 0.1) is 17.9 Å². The van der Waals surface area contributed by atoms with Crippen molar-refractivity contribution >= 4 is 5.91 Å². The smallest absolute Gasteiger partial charge is 0.345 e. The Morgan fingerprint density at radius 1 is 1.61 bits per heavy atom. The Bertz CT molecular complexity index is 403. The van der Waals surface area contributed by atoms with Crippen LogP contribution in [0, 0.1) is 0 Å². The number of nitrogens with two attached hydrogens (primary N) is 1. The van der Waals surface area contributed by atoms with E-state index in [2.05, 4.69) is 10.3 Å².